The highest BCUT2D eigenvalue weighted by Crippen LogP contribution is 2.36. The summed E-state index contributed by atoms with van der Waals surface area (Å²) < 4.78 is 41.0. The van der Waals surface area contributed by atoms with Gasteiger partial charge in [0.15, 0.2) is 0 Å². The highest BCUT2D eigenvalue weighted by Gasteiger charge is 2.33. The van der Waals surface area contributed by atoms with Crippen molar-refractivity contribution >= 4 is 19.3 Å². The normalized spacial score (nSPS) is 11.2. The fourth-order valence-electron chi connectivity index (χ4n) is 0.860. The zero-order chi connectivity index (χ0) is 10.8. The summed E-state index contributed by atoms with van der Waals surface area (Å²) in [7, 11) is 0.360. The summed E-state index contributed by atoms with van der Waals surface area (Å²) in [6.45, 7) is 0. The highest BCUT2D eigenvalue weighted by molar-refractivity contribution is 6.31. The minimum absolute atomic E-state index is 0.0329. The second-order valence-electron chi connectivity index (χ2n) is 2.36. The lowest BCUT2D eigenvalue weighted by atomic mass is 10.2. The number of halogens is 4. The van der Waals surface area contributed by atoms with Crippen LogP contribution in [0.3, 0.4) is 0 Å². The van der Waals surface area contributed by atoms with Gasteiger partial charge in [0.1, 0.15) is 5.75 Å². The monoisotopic (exact) mass is 223 g/mol. The minimum atomic E-state index is -4.49. The molecule has 0 fully saturated rings. The Morgan fingerprint density at radius 1 is 1.36 bits per heavy atom. The van der Waals surface area contributed by atoms with Crippen LogP contribution >= 0.6 is 11.6 Å². The number of rotatable bonds is 2. The van der Waals surface area contributed by atoms with Gasteiger partial charge < -0.3 is 9.68 Å². The van der Waals surface area contributed by atoms with Crippen LogP contribution in [0.25, 0.3) is 0 Å². The van der Waals surface area contributed by atoms with Crippen molar-refractivity contribution in [3.8, 4) is 5.75 Å². The molecular weight excluding hydrogens is 219 g/mol. The smallest absolute Gasteiger partial charge is 0.537 e. The van der Waals surface area contributed by atoms with Crippen LogP contribution in [0.15, 0.2) is 18.2 Å². The van der Waals surface area contributed by atoms with Crippen molar-refractivity contribution in [3.63, 3.8) is 0 Å². The third-order valence-corrected chi connectivity index (χ3v) is 1.75. The van der Waals surface area contributed by atoms with Crippen molar-refractivity contribution < 1.29 is 22.8 Å². The maximum atomic E-state index is 12.2. The predicted molar refractivity (Wildman–Crippen MR) is 45.1 cm³/mol. The van der Waals surface area contributed by atoms with E-state index in [4.69, 9.17) is 16.6 Å². The minimum Gasteiger partial charge on any atom is -0.537 e. The zero-order valence-corrected chi connectivity index (χ0v) is 7.43. The molecule has 1 radical (unpaired) electrons. The molecule has 75 valence electrons. The first-order chi connectivity index (χ1) is 6.45. The largest absolute Gasteiger partial charge is 0.569 e. The fourth-order valence-corrected chi connectivity index (χ4v) is 1.14. The molecule has 1 aromatic carbocycles. The van der Waals surface area contributed by atoms with Gasteiger partial charge in [-0.3, -0.25) is 0 Å². The van der Waals surface area contributed by atoms with Crippen LogP contribution < -0.4 is 4.65 Å². The molecule has 0 aliphatic rings. The SMILES string of the molecule is O[B]Oc1ccc(C(F)(F)F)c(Cl)c1. The molecule has 0 saturated carbocycles. The topological polar surface area (TPSA) is 29.5 Å². The van der Waals surface area contributed by atoms with Crippen LogP contribution in [-0.4, -0.2) is 12.7 Å². The van der Waals surface area contributed by atoms with Gasteiger partial charge in [0.25, 0.3) is 0 Å². The van der Waals surface area contributed by atoms with Gasteiger partial charge in [-0.15, -0.1) is 0 Å². The van der Waals surface area contributed by atoms with E-state index < -0.39 is 16.8 Å². The second-order valence-corrected chi connectivity index (χ2v) is 2.77. The summed E-state index contributed by atoms with van der Waals surface area (Å²) in [6, 6.07) is 2.81. The summed E-state index contributed by atoms with van der Waals surface area (Å²) in [5.74, 6) is 0.0329. The molecule has 0 saturated heterocycles. The van der Waals surface area contributed by atoms with Crippen molar-refractivity contribution in [2.75, 3.05) is 0 Å². The number of alkyl halides is 3. The quantitative estimate of drug-likeness (QED) is 0.779. The second kappa shape index (κ2) is 4.10. The van der Waals surface area contributed by atoms with Crippen LogP contribution in [0.2, 0.25) is 5.02 Å². The van der Waals surface area contributed by atoms with Crippen LogP contribution in [-0.2, 0) is 6.18 Å². The standard InChI is InChI=1S/C7H4BClF3O2/c9-6-3-4(14-8-13)1-2-5(6)7(10,11)12/h1-3,13H. The highest BCUT2D eigenvalue weighted by atomic mass is 35.5. The molecule has 0 aromatic heterocycles. The van der Waals surface area contributed by atoms with Crippen LogP contribution in [0.5, 0.6) is 5.75 Å². The molecule has 2 nitrogen and oxygen atoms in total. The first-order valence-corrected chi connectivity index (χ1v) is 3.82. The van der Waals surface area contributed by atoms with E-state index in [0.29, 0.717) is 7.69 Å². The molecule has 0 amide bonds. The Morgan fingerprint density at radius 2 is 2.00 bits per heavy atom. The van der Waals surface area contributed by atoms with Gasteiger partial charge in [0.05, 0.1) is 10.6 Å². The van der Waals surface area contributed by atoms with E-state index in [1.165, 1.54) is 0 Å². The average molecular weight is 223 g/mol. The molecular formula is C7H4BClF3O2. The molecule has 0 bridgehead atoms. The van der Waals surface area contributed by atoms with Crippen molar-refractivity contribution in [1.29, 1.82) is 0 Å². The van der Waals surface area contributed by atoms with E-state index in [1.807, 2.05) is 0 Å². The number of benzene rings is 1. The molecule has 14 heavy (non-hydrogen) atoms. The van der Waals surface area contributed by atoms with Gasteiger partial charge in [0.2, 0.25) is 0 Å². The summed E-state index contributed by atoms with van der Waals surface area (Å²) in [5, 5.41) is 7.75. The molecule has 0 unspecified atom stereocenters. The maximum Gasteiger partial charge on any atom is 0.569 e. The first-order valence-electron chi connectivity index (χ1n) is 3.44. The van der Waals surface area contributed by atoms with Gasteiger partial charge in [-0.25, -0.2) is 0 Å². The Balaban J connectivity index is 3.02. The lowest BCUT2D eigenvalue weighted by Crippen LogP contribution is -2.06. The number of hydrogen-bond acceptors (Lipinski definition) is 2. The molecule has 7 heteroatoms. The van der Waals surface area contributed by atoms with Gasteiger partial charge in [-0.2, -0.15) is 13.2 Å². The summed E-state index contributed by atoms with van der Waals surface area (Å²) in [6.07, 6.45) is -4.49. The molecule has 1 N–H and O–H groups in total. The van der Waals surface area contributed by atoms with E-state index in [0.717, 1.165) is 18.2 Å². The van der Waals surface area contributed by atoms with Crippen molar-refractivity contribution in [2.24, 2.45) is 0 Å². The third kappa shape index (κ3) is 2.56. The van der Waals surface area contributed by atoms with E-state index in [2.05, 4.69) is 4.65 Å². The maximum absolute atomic E-state index is 12.2. The van der Waals surface area contributed by atoms with Crippen molar-refractivity contribution in [3.05, 3.63) is 28.8 Å². The van der Waals surface area contributed by atoms with Gasteiger partial charge >= 0.3 is 13.9 Å². The van der Waals surface area contributed by atoms with E-state index in [1.54, 1.807) is 0 Å². The Morgan fingerprint density at radius 3 is 2.43 bits per heavy atom. The Labute approximate surface area is 83.6 Å². The van der Waals surface area contributed by atoms with E-state index in [-0.39, 0.29) is 5.75 Å². The van der Waals surface area contributed by atoms with Crippen LogP contribution in [0.1, 0.15) is 5.56 Å². The molecule has 0 heterocycles. The van der Waals surface area contributed by atoms with Gasteiger partial charge in [0, 0.05) is 0 Å². The lowest BCUT2D eigenvalue weighted by Gasteiger charge is -2.09. The molecule has 0 aliphatic carbocycles. The van der Waals surface area contributed by atoms with Crippen molar-refractivity contribution in [1.82, 2.24) is 0 Å². The summed E-state index contributed by atoms with van der Waals surface area (Å²) in [4.78, 5) is 0. The Kier molecular flexibility index (Phi) is 3.28. The molecule has 1 rings (SSSR count). The molecule has 1 aromatic rings. The van der Waals surface area contributed by atoms with E-state index in [9.17, 15) is 13.2 Å². The van der Waals surface area contributed by atoms with E-state index >= 15 is 0 Å². The zero-order valence-electron chi connectivity index (χ0n) is 6.68. The average Bonchev–Trinajstić information content (AvgIpc) is 2.02. The van der Waals surface area contributed by atoms with Crippen LogP contribution in [0, 0.1) is 0 Å². The van der Waals surface area contributed by atoms with Gasteiger partial charge in [-0.1, -0.05) is 11.6 Å². The predicted octanol–water partition coefficient (Wildman–Crippen LogP) is 2.26. The fraction of sp³-hybridized carbons (Fsp3) is 0.143. The first kappa shape index (κ1) is 11.2. The van der Waals surface area contributed by atoms with Crippen molar-refractivity contribution in [2.45, 2.75) is 6.18 Å². The lowest BCUT2D eigenvalue weighted by molar-refractivity contribution is -0.137. The van der Waals surface area contributed by atoms with Gasteiger partial charge in [-0.05, 0) is 18.2 Å². The Hall–Kier alpha value is -0.875. The molecule has 0 spiro atoms. The van der Waals surface area contributed by atoms with Crippen LogP contribution in [0.4, 0.5) is 13.2 Å². The summed E-state index contributed by atoms with van der Waals surface area (Å²) in [5.41, 5.74) is -0.940. The number of hydrogen-bond donors (Lipinski definition) is 1. The Bertz CT molecular complexity index is 329. The third-order valence-electron chi connectivity index (χ3n) is 1.43. The summed E-state index contributed by atoms with van der Waals surface area (Å²) >= 11 is 5.35. The molecule has 0 atom stereocenters. The molecule has 0 aliphatic heterocycles.